The van der Waals surface area contributed by atoms with Crippen molar-refractivity contribution in [2.75, 3.05) is 26.2 Å². The monoisotopic (exact) mass is 257 g/mol. The van der Waals surface area contributed by atoms with Crippen molar-refractivity contribution >= 4 is 30.9 Å². The van der Waals surface area contributed by atoms with Crippen LogP contribution in [0, 0.1) is 0 Å². The summed E-state index contributed by atoms with van der Waals surface area (Å²) in [5, 5.41) is 2.64. The highest BCUT2D eigenvalue weighted by molar-refractivity contribution is 5.85. The minimum atomic E-state index is -0.298. The molecule has 0 aromatic heterocycles. The van der Waals surface area contributed by atoms with E-state index in [1.54, 1.807) is 0 Å². The topological polar surface area (TPSA) is 67.6 Å². The molecule has 2 aliphatic heterocycles. The molecule has 0 aromatic rings. The van der Waals surface area contributed by atoms with Gasteiger partial charge in [-0.15, -0.1) is 24.8 Å². The second kappa shape index (κ2) is 6.37. The average Bonchev–Trinajstić information content (AvgIpc) is 2.62. The Labute approximate surface area is 102 Å². The number of carbonyl (C=O) groups is 1. The summed E-state index contributed by atoms with van der Waals surface area (Å²) in [4.78, 5) is 13.0. The minimum Gasteiger partial charge on any atom is -0.443 e. The number of nitrogens with one attached hydrogen (secondary N) is 1. The maximum atomic E-state index is 10.7. The Hall–Kier alpha value is -0.230. The Kier molecular flexibility index (Phi) is 6.28. The van der Waals surface area contributed by atoms with E-state index in [0.717, 1.165) is 26.1 Å². The minimum absolute atomic E-state index is 0. The van der Waals surface area contributed by atoms with Crippen molar-refractivity contribution < 1.29 is 9.53 Å². The average molecular weight is 258 g/mol. The number of nitrogens with two attached hydrogens (primary N) is 1. The van der Waals surface area contributed by atoms with Crippen LogP contribution in [0.5, 0.6) is 0 Å². The molecular formula is C8H17Cl2N3O2. The summed E-state index contributed by atoms with van der Waals surface area (Å²) in [6, 6.07) is 0.296. The number of amides is 1. The largest absolute Gasteiger partial charge is 0.443 e. The van der Waals surface area contributed by atoms with Crippen molar-refractivity contribution in [3.05, 3.63) is 0 Å². The Morgan fingerprint density at radius 2 is 2.27 bits per heavy atom. The summed E-state index contributed by atoms with van der Waals surface area (Å²) in [6.45, 7) is 3.39. The first-order chi connectivity index (χ1) is 6.24. The normalized spacial score (nSPS) is 30.1. The molecule has 2 rings (SSSR count). The van der Waals surface area contributed by atoms with Crippen LogP contribution in [0.3, 0.4) is 0 Å². The Bertz CT molecular complexity index is 218. The highest BCUT2D eigenvalue weighted by atomic mass is 35.5. The van der Waals surface area contributed by atoms with Gasteiger partial charge in [-0.25, -0.2) is 4.79 Å². The fourth-order valence-electron chi connectivity index (χ4n) is 1.85. The van der Waals surface area contributed by atoms with Gasteiger partial charge in [0.1, 0.15) is 6.10 Å². The van der Waals surface area contributed by atoms with Crippen molar-refractivity contribution in [2.24, 2.45) is 5.73 Å². The van der Waals surface area contributed by atoms with Crippen LogP contribution in [0.1, 0.15) is 6.42 Å². The zero-order chi connectivity index (χ0) is 9.26. The summed E-state index contributed by atoms with van der Waals surface area (Å²) < 4.78 is 5.03. The summed E-state index contributed by atoms with van der Waals surface area (Å²) in [5.41, 5.74) is 5.76. The van der Waals surface area contributed by atoms with Gasteiger partial charge >= 0.3 is 6.09 Å². The second-order valence-corrected chi connectivity index (χ2v) is 3.72. The summed E-state index contributed by atoms with van der Waals surface area (Å²) in [6.07, 6.45) is 0.764. The molecule has 15 heavy (non-hydrogen) atoms. The molecule has 0 aliphatic carbocycles. The number of cyclic esters (lactones) is 1. The maximum absolute atomic E-state index is 10.7. The highest BCUT2D eigenvalue weighted by Gasteiger charge is 2.27. The smallest absolute Gasteiger partial charge is 0.407 e. The molecule has 0 spiro atoms. The van der Waals surface area contributed by atoms with Gasteiger partial charge in [-0.2, -0.15) is 0 Å². The predicted molar refractivity (Wildman–Crippen MR) is 61.8 cm³/mol. The third kappa shape index (κ3) is 4.03. The molecule has 2 saturated heterocycles. The predicted octanol–water partition coefficient (Wildman–Crippen LogP) is -0.0286. The van der Waals surface area contributed by atoms with Gasteiger partial charge in [-0.05, 0) is 13.0 Å². The first-order valence-corrected chi connectivity index (χ1v) is 4.66. The van der Waals surface area contributed by atoms with Crippen LogP contribution in [0.2, 0.25) is 0 Å². The maximum Gasteiger partial charge on any atom is 0.407 e. The molecular weight excluding hydrogens is 241 g/mol. The van der Waals surface area contributed by atoms with E-state index in [4.69, 9.17) is 10.5 Å². The molecule has 90 valence electrons. The van der Waals surface area contributed by atoms with E-state index in [2.05, 4.69) is 10.2 Å². The highest BCUT2D eigenvalue weighted by Crippen LogP contribution is 2.10. The van der Waals surface area contributed by atoms with Gasteiger partial charge in [0.25, 0.3) is 0 Å². The molecule has 2 atom stereocenters. The third-order valence-corrected chi connectivity index (χ3v) is 2.52. The van der Waals surface area contributed by atoms with E-state index in [9.17, 15) is 4.79 Å². The Balaban J connectivity index is 0.000000980. The molecule has 0 aromatic carbocycles. The van der Waals surface area contributed by atoms with Crippen LogP contribution in [-0.4, -0.2) is 49.3 Å². The number of halogens is 2. The number of nitrogens with zero attached hydrogens (tertiary/aromatic N) is 1. The molecule has 7 heteroatoms. The SMILES string of the molecule is Cl.Cl.NC1CCN(CC2CNC(=O)O2)C1. The molecule has 0 bridgehead atoms. The van der Waals surface area contributed by atoms with Crippen molar-refractivity contribution in [3.63, 3.8) is 0 Å². The number of alkyl carbamates (subject to hydrolysis) is 1. The van der Waals surface area contributed by atoms with Crippen LogP contribution < -0.4 is 11.1 Å². The van der Waals surface area contributed by atoms with Gasteiger partial charge in [-0.3, -0.25) is 4.90 Å². The third-order valence-electron chi connectivity index (χ3n) is 2.52. The van der Waals surface area contributed by atoms with Crippen molar-refractivity contribution in [1.29, 1.82) is 0 Å². The zero-order valence-corrected chi connectivity index (χ0v) is 9.98. The second-order valence-electron chi connectivity index (χ2n) is 3.72. The molecule has 0 radical (unpaired) electrons. The van der Waals surface area contributed by atoms with Gasteiger partial charge in [0.05, 0.1) is 6.54 Å². The van der Waals surface area contributed by atoms with Crippen LogP contribution in [0.25, 0.3) is 0 Å². The van der Waals surface area contributed by atoms with E-state index < -0.39 is 0 Å². The van der Waals surface area contributed by atoms with Gasteiger partial charge < -0.3 is 15.8 Å². The fraction of sp³-hybridized carbons (Fsp3) is 0.875. The molecule has 5 nitrogen and oxygen atoms in total. The Morgan fingerprint density at radius 3 is 2.73 bits per heavy atom. The van der Waals surface area contributed by atoms with E-state index in [0.29, 0.717) is 12.6 Å². The fourth-order valence-corrected chi connectivity index (χ4v) is 1.85. The van der Waals surface area contributed by atoms with Gasteiger partial charge in [0, 0.05) is 19.1 Å². The quantitative estimate of drug-likeness (QED) is 0.730. The van der Waals surface area contributed by atoms with E-state index in [1.165, 1.54) is 0 Å². The van der Waals surface area contributed by atoms with Crippen molar-refractivity contribution in [2.45, 2.75) is 18.6 Å². The molecule has 2 heterocycles. The summed E-state index contributed by atoms with van der Waals surface area (Å²) >= 11 is 0. The number of ether oxygens (including phenoxy) is 1. The van der Waals surface area contributed by atoms with Gasteiger partial charge in [0.2, 0.25) is 0 Å². The number of likely N-dealkylation sites (tertiary alicyclic amines) is 1. The molecule has 0 saturated carbocycles. The standard InChI is InChI=1S/C8H15N3O2.2ClH/c9-6-1-2-11(4-6)5-7-3-10-8(12)13-7;;/h6-7H,1-5,9H2,(H,10,12);2*1H. The number of rotatable bonds is 2. The van der Waals surface area contributed by atoms with Crippen LogP contribution in [0.4, 0.5) is 4.79 Å². The molecule has 2 unspecified atom stereocenters. The lowest BCUT2D eigenvalue weighted by Crippen LogP contribution is -2.34. The lowest BCUT2D eigenvalue weighted by molar-refractivity contribution is 0.116. The lowest BCUT2D eigenvalue weighted by atomic mass is 10.3. The summed E-state index contributed by atoms with van der Waals surface area (Å²) in [7, 11) is 0. The van der Waals surface area contributed by atoms with Crippen LogP contribution in [-0.2, 0) is 4.74 Å². The van der Waals surface area contributed by atoms with Gasteiger partial charge in [0.15, 0.2) is 0 Å². The van der Waals surface area contributed by atoms with Gasteiger partial charge in [-0.1, -0.05) is 0 Å². The number of carbonyl (C=O) groups excluding carboxylic acids is 1. The molecule has 2 aliphatic rings. The molecule has 3 N–H and O–H groups in total. The van der Waals surface area contributed by atoms with E-state index >= 15 is 0 Å². The first kappa shape index (κ1) is 14.8. The summed E-state index contributed by atoms with van der Waals surface area (Å²) in [5.74, 6) is 0. The number of hydrogen-bond donors (Lipinski definition) is 2. The van der Waals surface area contributed by atoms with E-state index in [1.807, 2.05) is 0 Å². The molecule has 1 amide bonds. The zero-order valence-electron chi connectivity index (χ0n) is 8.35. The van der Waals surface area contributed by atoms with Crippen molar-refractivity contribution in [1.82, 2.24) is 10.2 Å². The van der Waals surface area contributed by atoms with E-state index in [-0.39, 0.29) is 37.0 Å². The lowest BCUT2D eigenvalue weighted by Gasteiger charge is -2.17. The first-order valence-electron chi connectivity index (χ1n) is 4.66. The van der Waals surface area contributed by atoms with Crippen LogP contribution >= 0.6 is 24.8 Å². The molecule has 2 fully saturated rings. The Morgan fingerprint density at radius 1 is 1.53 bits per heavy atom. The number of hydrogen-bond acceptors (Lipinski definition) is 4. The van der Waals surface area contributed by atoms with Crippen molar-refractivity contribution in [3.8, 4) is 0 Å². The van der Waals surface area contributed by atoms with Crippen LogP contribution in [0.15, 0.2) is 0 Å².